The van der Waals surface area contributed by atoms with Gasteiger partial charge >= 0.3 is 5.97 Å². The summed E-state index contributed by atoms with van der Waals surface area (Å²) in [6.07, 6.45) is 1.57. The van der Waals surface area contributed by atoms with Gasteiger partial charge in [0.2, 0.25) is 0 Å². The van der Waals surface area contributed by atoms with E-state index >= 15 is 0 Å². The van der Waals surface area contributed by atoms with Crippen molar-refractivity contribution in [3.63, 3.8) is 0 Å². The zero-order chi connectivity index (χ0) is 18.8. The van der Waals surface area contributed by atoms with Crippen LogP contribution in [-0.2, 0) is 23.1 Å². The van der Waals surface area contributed by atoms with E-state index in [4.69, 9.17) is 4.74 Å². The fourth-order valence-corrected chi connectivity index (χ4v) is 3.69. The van der Waals surface area contributed by atoms with Crippen molar-refractivity contribution in [2.45, 2.75) is 20.4 Å². The predicted octanol–water partition coefficient (Wildman–Crippen LogP) is 2.19. The van der Waals surface area contributed by atoms with E-state index in [2.05, 4.69) is 10.1 Å². The number of amides is 1. The number of carbonyl (C=O) groups is 2. The Bertz CT molecular complexity index is 1040. The smallest absolute Gasteiger partial charge is 0.326 e. The van der Waals surface area contributed by atoms with E-state index in [1.807, 2.05) is 0 Å². The van der Waals surface area contributed by atoms with Crippen molar-refractivity contribution in [3.05, 3.63) is 46.3 Å². The maximum atomic E-state index is 14.3. The number of ether oxygens (including phenoxy) is 1. The lowest BCUT2D eigenvalue weighted by Crippen LogP contribution is -2.24. The Morgan fingerprint density at radius 1 is 1.38 bits per heavy atom. The number of fused-ring (bicyclic) bond motifs is 1. The molecule has 136 valence electrons. The lowest BCUT2D eigenvalue weighted by Gasteiger charge is -2.05. The van der Waals surface area contributed by atoms with Gasteiger partial charge in [-0.1, -0.05) is 17.4 Å². The number of nitrogens with zero attached hydrogens (tertiary/aromatic N) is 4. The first-order chi connectivity index (χ1) is 12.4. The summed E-state index contributed by atoms with van der Waals surface area (Å²) in [6.45, 7) is 3.43. The Labute approximate surface area is 152 Å². The fraction of sp³-hybridized carbons (Fsp3) is 0.294. The van der Waals surface area contributed by atoms with Gasteiger partial charge in [-0.3, -0.25) is 14.3 Å². The molecule has 1 amide bonds. The van der Waals surface area contributed by atoms with Gasteiger partial charge in [-0.05, 0) is 26.0 Å². The molecule has 0 saturated carbocycles. The lowest BCUT2D eigenvalue weighted by atomic mass is 10.3. The van der Waals surface area contributed by atoms with Gasteiger partial charge in [0.15, 0.2) is 4.80 Å². The summed E-state index contributed by atoms with van der Waals surface area (Å²) >= 11 is 1.13. The van der Waals surface area contributed by atoms with Gasteiger partial charge in [-0.15, -0.1) is 0 Å². The van der Waals surface area contributed by atoms with Crippen LogP contribution in [0.2, 0.25) is 0 Å². The minimum atomic E-state index is -0.527. The molecule has 0 fully saturated rings. The number of halogens is 1. The largest absolute Gasteiger partial charge is 0.465 e. The number of para-hydroxylation sites is 1. The first kappa shape index (κ1) is 18.0. The molecular weight excluding hydrogens is 359 g/mol. The number of thiazole rings is 1. The number of aromatic nitrogens is 3. The fourth-order valence-electron chi connectivity index (χ4n) is 2.65. The molecule has 2 heterocycles. The number of carbonyl (C=O) groups excluding carboxylic acids is 2. The number of rotatable bonds is 4. The molecule has 3 aromatic rings. The Balaban J connectivity index is 2.17. The molecule has 0 atom stereocenters. The highest BCUT2D eigenvalue weighted by Crippen LogP contribution is 2.20. The molecule has 0 spiro atoms. The van der Waals surface area contributed by atoms with E-state index in [0.717, 1.165) is 11.3 Å². The van der Waals surface area contributed by atoms with E-state index in [0.29, 0.717) is 16.0 Å². The molecule has 0 saturated heterocycles. The molecule has 0 unspecified atom stereocenters. The Morgan fingerprint density at radius 2 is 2.15 bits per heavy atom. The highest BCUT2D eigenvalue weighted by molar-refractivity contribution is 7.16. The molecule has 0 aliphatic rings. The second kappa shape index (κ2) is 7.20. The van der Waals surface area contributed by atoms with E-state index < -0.39 is 17.7 Å². The standard InChI is InChI=1S/C17H17FN4O3S/c1-4-25-13(23)9-22-15-11(18)6-5-7-12(15)26-17(22)20-16(24)14-10(2)8-19-21(14)3/h5-8H,4,9H2,1-3H3. The van der Waals surface area contributed by atoms with Crippen LogP contribution in [0.1, 0.15) is 23.0 Å². The summed E-state index contributed by atoms with van der Waals surface area (Å²) < 4.78 is 22.7. The van der Waals surface area contributed by atoms with Crippen molar-refractivity contribution in [2.75, 3.05) is 6.61 Å². The summed E-state index contributed by atoms with van der Waals surface area (Å²) in [7, 11) is 1.65. The van der Waals surface area contributed by atoms with Gasteiger partial charge in [-0.2, -0.15) is 10.1 Å². The van der Waals surface area contributed by atoms with Crippen LogP contribution in [0.3, 0.4) is 0 Å². The van der Waals surface area contributed by atoms with Gasteiger partial charge in [0.25, 0.3) is 5.91 Å². The minimum Gasteiger partial charge on any atom is -0.465 e. The molecule has 9 heteroatoms. The number of hydrogen-bond donors (Lipinski definition) is 0. The predicted molar refractivity (Wildman–Crippen MR) is 94.2 cm³/mol. The second-order valence-corrected chi connectivity index (χ2v) is 6.59. The van der Waals surface area contributed by atoms with Crippen LogP contribution in [0.25, 0.3) is 10.2 Å². The van der Waals surface area contributed by atoms with Crippen LogP contribution in [-0.4, -0.2) is 32.8 Å². The van der Waals surface area contributed by atoms with Gasteiger partial charge in [0.1, 0.15) is 18.1 Å². The maximum absolute atomic E-state index is 14.3. The molecule has 0 bridgehead atoms. The van der Waals surface area contributed by atoms with Crippen molar-refractivity contribution in [3.8, 4) is 0 Å². The van der Waals surface area contributed by atoms with Crippen molar-refractivity contribution >= 4 is 33.4 Å². The van der Waals surface area contributed by atoms with Crippen molar-refractivity contribution in [1.82, 2.24) is 14.3 Å². The number of hydrogen-bond acceptors (Lipinski definition) is 5. The summed E-state index contributed by atoms with van der Waals surface area (Å²) in [5.41, 5.74) is 1.25. The second-order valence-electron chi connectivity index (χ2n) is 5.58. The third-order valence-corrected chi connectivity index (χ3v) is 4.81. The first-order valence-corrected chi connectivity index (χ1v) is 8.75. The van der Waals surface area contributed by atoms with Gasteiger partial charge in [0.05, 0.1) is 23.0 Å². The molecule has 2 aromatic heterocycles. The number of benzene rings is 1. The molecule has 26 heavy (non-hydrogen) atoms. The summed E-state index contributed by atoms with van der Waals surface area (Å²) in [5, 5.41) is 4.03. The topological polar surface area (TPSA) is 78.5 Å². The van der Waals surface area contributed by atoms with Crippen LogP contribution in [0.5, 0.6) is 0 Å². The molecule has 0 aliphatic heterocycles. The van der Waals surface area contributed by atoms with Crippen LogP contribution >= 0.6 is 11.3 Å². The Kier molecular flexibility index (Phi) is 4.99. The highest BCUT2D eigenvalue weighted by atomic mass is 32.1. The number of aryl methyl sites for hydroxylation is 2. The van der Waals surface area contributed by atoms with Crippen LogP contribution in [0.4, 0.5) is 4.39 Å². The van der Waals surface area contributed by atoms with Crippen LogP contribution in [0.15, 0.2) is 29.4 Å². The Morgan fingerprint density at radius 3 is 2.81 bits per heavy atom. The lowest BCUT2D eigenvalue weighted by molar-refractivity contribution is -0.143. The maximum Gasteiger partial charge on any atom is 0.326 e. The molecular formula is C17H17FN4O3S. The summed E-state index contributed by atoms with van der Waals surface area (Å²) in [4.78, 5) is 28.9. The molecule has 0 N–H and O–H groups in total. The Hall–Kier alpha value is -2.81. The normalized spacial score (nSPS) is 11.9. The zero-order valence-corrected chi connectivity index (χ0v) is 15.3. The van der Waals surface area contributed by atoms with E-state index in [9.17, 15) is 14.0 Å². The molecule has 3 rings (SSSR count). The molecule has 0 aliphatic carbocycles. The molecule has 7 nitrogen and oxygen atoms in total. The average molecular weight is 376 g/mol. The number of esters is 1. The van der Waals surface area contributed by atoms with Crippen molar-refractivity contribution < 1.29 is 18.7 Å². The zero-order valence-electron chi connectivity index (χ0n) is 14.5. The highest BCUT2D eigenvalue weighted by Gasteiger charge is 2.17. The van der Waals surface area contributed by atoms with Crippen molar-refractivity contribution in [1.29, 1.82) is 0 Å². The van der Waals surface area contributed by atoms with E-state index in [-0.39, 0.29) is 23.5 Å². The van der Waals surface area contributed by atoms with Gasteiger partial charge < -0.3 is 9.30 Å². The molecule has 0 radical (unpaired) electrons. The monoisotopic (exact) mass is 376 g/mol. The third kappa shape index (κ3) is 3.30. The van der Waals surface area contributed by atoms with E-state index in [1.165, 1.54) is 15.3 Å². The minimum absolute atomic E-state index is 0.212. The SMILES string of the molecule is CCOC(=O)Cn1c(=NC(=O)c2c(C)cnn2C)sc2cccc(F)c21. The summed E-state index contributed by atoms with van der Waals surface area (Å²) in [6, 6.07) is 4.58. The van der Waals surface area contributed by atoms with Crippen LogP contribution in [0, 0.1) is 12.7 Å². The summed E-state index contributed by atoms with van der Waals surface area (Å²) in [5.74, 6) is -1.53. The van der Waals surface area contributed by atoms with E-state index in [1.54, 1.807) is 39.2 Å². The molecule has 1 aromatic carbocycles. The first-order valence-electron chi connectivity index (χ1n) is 7.93. The average Bonchev–Trinajstić information content (AvgIpc) is 3.09. The third-order valence-electron chi connectivity index (χ3n) is 3.77. The quantitative estimate of drug-likeness (QED) is 0.654. The van der Waals surface area contributed by atoms with Gasteiger partial charge in [0, 0.05) is 12.6 Å². The van der Waals surface area contributed by atoms with Crippen LogP contribution < -0.4 is 4.80 Å². The van der Waals surface area contributed by atoms with Gasteiger partial charge in [-0.25, -0.2) is 4.39 Å². The van der Waals surface area contributed by atoms with Crippen molar-refractivity contribution in [2.24, 2.45) is 12.0 Å².